The van der Waals surface area contributed by atoms with Crippen molar-refractivity contribution >= 4 is 5.82 Å². The minimum Gasteiger partial charge on any atom is -0.490 e. The smallest absolute Gasteiger partial charge is 0.125 e. The molecule has 0 spiro atoms. The van der Waals surface area contributed by atoms with Crippen molar-refractivity contribution in [3.05, 3.63) is 41.6 Å². The van der Waals surface area contributed by atoms with Crippen LogP contribution in [0.4, 0.5) is 5.82 Å². The molecule has 6 heteroatoms. The largest absolute Gasteiger partial charge is 0.490 e. The predicted octanol–water partition coefficient (Wildman–Crippen LogP) is 1.57. The first-order chi connectivity index (χ1) is 11.6. The number of ether oxygens (including phenoxy) is 1. The van der Waals surface area contributed by atoms with Crippen molar-refractivity contribution in [2.45, 2.75) is 26.5 Å². The molecule has 0 unspecified atom stereocenters. The molecule has 2 aromatic rings. The van der Waals surface area contributed by atoms with Gasteiger partial charge >= 0.3 is 0 Å². The van der Waals surface area contributed by atoms with Gasteiger partial charge in [0.25, 0.3) is 0 Å². The Hall–Kier alpha value is -2.05. The summed E-state index contributed by atoms with van der Waals surface area (Å²) in [4.78, 5) is 0. The summed E-state index contributed by atoms with van der Waals surface area (Å²) in [6.07, 6.45) is 1.29. The standard InChI is InChI=1S/C18H26N4O2/c1-13-4-3-5-14(2)18(13)24-12-16(23)10-19-8-15-9-20-17-6-7-21-22(17)11-15/h3-7,15-16,19-20,23H,8-12H2,1-2H3/t15-,16-/m1/s1. The van der Waals surface area contributed by atoms with E-state index in [9.17, 15) is 5.11 Å². The van der Waals surface area contributed by atoms with Crippen LogP contribution in [-0.2, 0) is 6.54 Å². The lowest BCUT2D eigenvalue weighted by atomic mass is 10.1. The van der Waals surface area contributed by atoms with Crippen LogP contribution in [0, 0.1) is 19.8 Å². The van der Waals surface area contributed by atoms with Gasteiger partial charge in [-0.2, -0.15) is 5.10 Å². The number of aromatic nitrogens is 2. The van der Waals surface area contributed by atoms with Crippen LogP contribution < -0.4 is 15.4 Å². The molecule has 0 radical (unpaired) electrons. The summed E-state index contributed by atoms with van der Waals surface area (Å²) >= 11 is 0. The van der Waals surface area contributed by atoms with Crippen LogP contribution in [0.25, 0.3) is 0 Å². The molecule has 1 aromatic carbocycles. The second-order valence-electron chi connectivity index (χ2n) is 6.49. The van der Waals surface area contributed by atoms with E-state index in [0.29, 0.717) is 19.1 Å². The fourth-order valence-corrected chi connectivity index (χ4v) is 3.04. The SMILES string of the molecule is Cc1cccc(C)c1OC[C@H](O)CNC[C@@H]1CNc2ccnn2C1. The molecule has 24 heavy (non-hydrogen) atoms. The van der Waals surface area contributed by atoms with Crippen molar-refractivity contribution in [2.75, 3.05) is 31.6 Å². The second-order valence-corrected chi connectivity index (χ2v) is 6.49. The first-order valence-corrected chi connectivity index (χ1v) is 8.47. The third-order valence-corrected chi connectivity index (χ3v) is 4.36. The average molecular weight is 330 g/mol. The minimum atomic E-state index is -0.527. The molecule has 3 rings (SSSR count). The lowest BCUT2D eigenvalue weighted by Crippen LogP contribution is -2.39. The highest BCUT2D eigenvalue weighted by molar-refractivity contribution is 5.39. The van der Waals surface area contributed by atoms with Crippen molar-refractivity contribution in [2.24, 2.45) is 5.92 Å². The number of nitrogens with one attached hydrogen (secondary N) is 2. The van der Waals surface area contributed by atoms with Gasteiger partial charge in [-0.3, -0.25) is 0 Å². The number of fused-ring (bicyclic) bond motifs is 1. The molecule has 6 nitrogen and oxygen atoms in total. The number of benzene rings is 1. The molecule has 0 saturated carbocycles. The van der Waals surface area contributed by atoms with E-state index in [4.69, 9.17) is 4.74 Å². The van der Waals surface area contributed by atoms with Crippen LogP contribution in [0.5, 0.6) is 5.75 Å². The maximum Gasteiger partial charge on any atom is 0.125 e. The Balaban J connectivity index is 1.38. The van der Waals surface area contributed by atoms with Gasteiger partial charge in [-0.1, -0.05) is 18.2 Å². The highest BCUT2D eigenvalue weighted by atomic mass is 16.5. The first-order valence-electron chi connectivity index (χ1n) is 8.47. The maximum atomic E-state index is 10.1. The summed E-state index contributed by atoms with van der Waals surface area (Å²) in [5.74, 6) is 2.41. The molecular formula is C18H26N4O2. The van der Waals surface area contributed by atoms with Gasteiger partial charge in [0.1, 0.15) is 24.3 Å². The Bertz CT molecular complexity index is 651. The highest BCUT2D eigenvalue weighted by Gasteiger charge is 2.18. The number of aliphatic hydroxyl groups is 1. The summed E-state index contributed by atoms with van der Waals surface area (Å²) in [5.41, 5.74) is 2.19. The number of hydrogen-bond donors (Lipinski definition) is 3. The van der Waals surface area contributed by atoms with Crippen LogP contribution in [0.2, 0.25) is 0 Å². The molecule has 3 N–H and O–H groups in total. The molecule has 0 saturated heterocycles. The molecule has 0 bridgehead atoms. The molecule has 2 atom stereocenters. The van der Waals surface area contributed by atoms with Gasteiger partial charge in [-0.25, -0.2) is 4.68 Å². The lowest BCUT2D eigenvalue weighted by molar-refractivity contribution is 0.104. The zero-order valence-corrected chi connectivity index (χ0v) is 14.3. The van der Waals surface area contributed by atoms with Gasteiger partial charge in [0, 0.05) is 38.2 Å². The van der Waals surface area contributed by atoms with Crippen LogP contribution in [0.3, 0.4) is 0 Å². The van der Waals surface area contributed by atoms with Crippen molar-refractivity contribution in [3.63, 3.8) is 0 Å². The lowest BCUT2D eigenvalue weighted by Gasteiger charge is -2.25. The Kier molecular flexibility index (Phi) is 5.37. The molecule has 130 valence electrons. The average Bonchev–Trinajstić information content (AvgIpc) is 3.02. The van der Waals surface area contributed by atoms with Gasteiger partial charge in [0.15, 0.2) is 0 Å². The molecule has 1 aromatic heterocycles. The highest BCUT2D eigenvalue weighted by Crippen LogP contribution is 2.22. The molecule has 0 amide bonds. The van der Waals surface area contributed by atoms with E-state index in [1.54, 1.807) is 0 Å². The quantitative estimate of drug-likeness (QED) is 0.719. The summed E-state index contributed by atoms with van der Waals surface area (Å²) in [6, 6.07) is 8.04. The third-order valence-electron chi connectivity index (χ3n) is 4.36. The Labute approximate surface area is 142 Å². The van der Waals surface area contributed by atoms with Crippen molar-refractivity contribution in [1.29, 1.82) is 0 Å². The van der Waals surface area contributed by atoms with Gasteiger partial charge < -0.3 is 20.5 Å². The first kappa shape index (κ1) is 16.8. The van der Waals surface area contributed by atoms with Crippen molar-refractivity contribution in [1.82, 2.24) is 15.1 Å². The van der Waals surface area contributed by atoms with Crippen molar-refractivity contribution in [3.8, 4) is 5.75 Å². The monoisotopic (exact) mass is 330 g/mol. The fraction of sp³-hybridized carbons (Fsp3) is 0.500. The summed E-state index contributed by atoms with van der Waals surface area (Å²) in [7, 11) is 0. The third kappa shape index (κ3) is 4.07. The van der Waals surface area contributed by atoms with Crippen LogP contribution in [0.15, 0.2) is 30.5 Å². The normalized spacial score (nSPS) is 17.9. The van der Waals surface area contributed by atoms with E-state index in [-0.39, 0.29) is 0 Å². The minimum absolute atomic E-state index is 0.297. The summed E-state index contributed by atoms with van der Waals surface area (Å²) in [6.45, 7) is 7.52. The number of para-hydroxylation sites is 1. The summed E-state index contributed by atoms with van der Waals surface area (Å²) < 4.78 is 7.77. The van der Waals surface area contributed by atoms with E-state index < -0.39 is 6.10 Å². The van der Waals surface area contributed by atoms with Gasteiger partial charge in [-0.15, -0.1) is 0 Å². The van der Waals surface area contributed by atoms with Gasteiger partial charge in [-0.05, 0) is 25.0 Å². The number of anilines is 1. The summed E-state index contributed by atoms with van der Waals surface area (Å²) in [5, 5.41) is 21.1. The number of hydrogen-bond acceptors (Lipinski definition) is 5. The van der Waals surface area contributed by atoms with E-state index in [1.165, 1.54) is 0 Å². The number of aryl methyl sites for hydroxylation is 2. The molecule has 0 aliphatic carbocycles. The van der Waals surface area contributed by atoms with E-state index >= 15 is 0 Å². The van der Waals surface area contributed by atoms with E-state index in [1.807, 2.05) is 49.0 Å². The second kappa shape index (κ2) is 7.68. The Morgan fingerprint density at radius 1 is 1.38 bits per heavy atom. The number of aliphatic hydroxyl groups excluding tert-OH is 1. The molecule has 0 fully saturated rings. The van der Waals surface area contributed by atoms with Crippen LogP contribution >= 0.6 is 0 Å². The maximum absolute atomic E-state index is 10.1. The topological polar surface area (TPSA) is 71.3 Å². The molecule has 2 heterocycles. The van der Waals surface area contributed by atoms with Crippen LogP contribution in [0.1, 0.15) is 11.1 Å². The molecule has 1 aliphatic rings. The van der Waals surface area contributed by atoms with Crippen molar-refractivity contribution < 1.29 is 9.84 Å². The van der Waals surface area contributed by atoms with Crippen LogP contribution in [-0.4, -0.2) is 47.2 Å². The fourth-order valence-electron chi connectivity index (χ4n) is 3.04. The predicted molar refractivity (Wildman–Crippen MR) is 94.5 cm³/mol. The zero-order chi connectivity index (χ0) is 16.9. The number of rotatable bonds is 7. The van der Waals surface area contributed by atoms with Gasteiger partial charge in [0.2, 0.25) is 0 Å². The Morgan fingerprint density at radius 3 is 2.96 bits per heavy atom. The molecule has 1 aliphatic heterocycles. The molecular weight excluding hydrogens is 304 g/mol. The number of nitrogens with zero attached hydrogens (tertiary/aromatic N) is 2. The Morgan fingerprint density at radius 2 is 2.17 bits per heavy atom. The van der Waals surface area contributed by atoms with Gasteiger partial charge in [0.05, 0.1) is 6.20 Å². The van der Waals surface area contributed by atoms with E-state index in [0.717, 1.165) is 42.3 Å². The van der Waals surface area contributed by atoms with E-state index in [2.05, 4.69) is 15.7 Å². The zero-order valence-electron chi connectivity index (χ0n) is 14.3.